The smallest absolute Gasteiger partial charge is 0.421 e. The molecule has 0 radical (unpaired) electrons. The second kappa shape index (κ2) is 4.82. The summed E-state index contributed by atoms with van der Waals surface area (Å²) in [4.78, 5) is 3.35. The summed E-state index contributed by atoms with van der Waals surface area (Å²) in [6.07, 6.45) is -7.89. The van der Waals surface area contributed by atoms with Crippen LogP contribution in [0.15, 0.2) is 6.07 Å². The van der Waals surface area contributed by atoms with Crippen molar-refractivity contribution in [3.05, 3.63) is 22.9 Å². The lowest BCUT2D eigenvalue weighted by Gasteiger charge is -2.15. The quantitative estimate of drug-likeness (QED) is 0.845. The van der Waals surface area contributed by atoms with Gasteiger partial charge in [0, 0.05) is 12.1 Å². The molecule has 0 unspecified atom stereocenters. The van der Waals surface area contributed by atoms with Crippen LogP contribution in [-0.4, -0.2) is 12.1 Å². The highest BCUT2D eigenvalue weighted by Gasteiger charge is 2.37. The summed E-state index contributed by atoms with van der Waals surface area (Å²) in [6, 6.07) is 0.318. The summed E-state index contributed by atoms with van der Waals surface area (Å²) in [5, 5.41) is 0. The van der Waals surface area contributed by atoms with E-state index in [-0.39, 0.29) is 5.69 Å². The molecule has 8 heteroatoms. The molecular formula is C9H9F5N2O. The molecule has 3 nitrogen and oxygen atoms in total. The molecule has 0 bridgehead atoms. The molecule has 1 aromatic heterocycles. The van der Waals surface area contributed by atoms with Gasteiger partial charge in [-0.05, 0) is 6.07 Å². The molecule has 17 heavy (non-hydrogen) atoms. The van der Waals surface area contributed by atoms with Crippen LogP contribution in [0.25, 0.3) is 0 Å². The minimum Gasteiger partial charge on any atom is -0.481 e. The third-order valence-electron chi connectivity index (χ3n) is 2.03. The lowest BCUT2D eigenvalue weighted by Crippen LogP contribution is -2.14. The summed E-state index contributed by atoms with van der Waals surface area (Å²) in [5.74, 6) is -0.762. The Morgan fingerprint density at radius 1 is 1.41 bits per heavy atom. The van der Waals surface area contributed by atoms with E-state index in [2.05, 4.69) is 9.72 Å². The lowest BCUT2D eigenvalue weighted by atomic mass is 10.1. The number of pyridine rings is 1. The van der Waals surface area contributed by atoms with Crippen molar-refractivity contribution in [3.8, 4) is 5.88 Å². The van der Waals surface area contributed by atoms with Crippen molar-refractivity contribution in [1.29, 1.82) is 0 Å². The van der Waals surface area contributed by atoms with E-state index in [1.165, 1.54) is 0 Å². The highest BCUT2D eigenvalue weighted by Crippen LogP contribution is 2.38. The summed E-state index contributed by atoms with van der Waals surface area (Å²) in [7, 11) is 0.972. The number of nitrogens with two attached hydrogens (primary N) is 1. The molecule has 0 atom stereocenters. The van der Waals surface area contributed by atoms with Crippen molar-refractivity contribution in [2.75, 3.05) is 7.11 Å². The molecule has 2 N–H and O–H groups in total. The molecule has 1 aromatic rings. The Bertz CT molecular complexity index is 405. The van der Waals surface area contributed by atoms with Gasteiger partial charge >= 0.3 is 6.18 Å². The predicted octanol–water partition coefficient (Wildman–Crippen LogP) is 2.51. The van der Waals surface area contributed by atoms with Gasteiger partial charge in [-0.2, -0.15) is 13.2 Å². The van der Waals surface area contributed by atoms with Crippen molar-refractivity contribution in [2.45, 2.75) is 19.1 Å². The number of hydrogen-bond donors (Lipinski definition) is 1. The Balaban J connectivity index is 3.45. The van der Waals surface area contributed by atoms with Gasteiger partial charge in [-0.25, -0.2) is 13.8 Å². The zero-order chi connectivity index (χ0) is 13.2. The molecule has 0 aliphatic heterocycles. The van der Waals surface area contributed by atoms with Crippen LogP contribution < -0.4 is 10.5 Å². The van der Waals surface area contributed by atoms with E-state index in [4.69, 9.17) is 5.73 Å². The average Bonchev–Trinajstić information content (AvgIpc) is 2.25. The molecule has 0 aromatic carbocycles. The van der Waals surface area contributed by atoms with Crippen LogP contribution in [0.3, 0.4) is 0 Å². The molecule has 1 heterocycles. The maximum absolute atomic E-state index is 12.5. The van der Waals surface area contributed by atoms with Gasteiger partial charge in [-0.1, -0.05) is 0 Å². The zero-order valence-corrected chi connectivity index (χ0v) is 8.68. The van der Waals surface area contributed by atoms with Crippen LogP contribution in [0, 0.1) is 0 Å². The number of hydrogen-bond acceptors (Lipinski definition) is 3. The van der Waals surface area contributed by atoms with Crippen LogP contribution in [0.5, 0.6) is 5.88 Å². The summed E-state index contributed by atoms with van der Waals surface area (Å²) >= 11 is 0. The van der Waals surface area contributed by atoms with Crippen molar-refractivity contribution < 1.29 is 26.7 Å². The van der Waals surface area contributed by atoms with Crippen LogP contribution in [0.4, 0.5) is 22.0 Å². The number of halogens is 5. The molecule has 0 amide bonds. The van der Waals surface area contributed by atoms with Gasteiger partial charge in [0.05, 0.1) is 12.8 Å². The fraction of sp³-hybridized carbons (Fsp3) is 0.444. The fourth-order valence-corrected chi connectivity index (χ4v) is 1.26. The summed E-state index contributed by atoms with van der Waals surface area (Å²) in [5.41, 5.74) is 2.65. The van der Waals surface area contributed by atoms with Gasteiger partial charge in [-0.3, -0.25) is 0 Å². The zero-order valence-electron chi connectivity index (χ0n) is 8.68. The van der Waals surface area contributed by atoms with E-state index in [0.717, 1.165) is 7.11 Å². The molecule has 1 rings (SSSR count). The number of rotatable bonds is 3. The van der Waals surface area contributed by atoms with E-state index in [1.807, 2.05) is 0 Å². The summed E-state index contributed by atoms with van der Waals surface area (Å²) in [6.45, 7) is -0.395. The number of ether oxygens (including phenoxy) is 1. The highest BCUT2D eigenvalue weighted by molar-refractivity contribution is 5.37. The van der Waals surface area contributed by atoms with Gasteiger partial charge in [0.1, 0.15) is 5.56 Å². The Morgan fingerprint density at radius 2 is 2.00 bits per heavy atom. The molecule has 0 aliphatic carbocycles. The summed E-state index contributed by atoms with van der Waals surface area (Å²) < 4.78 is 67.0. The van der Waals surface area contributed by atoms with Gasteiger partial charge in [-0.15, -0.1) is 0 Å². The largest absolute Gasteiger partial charge is 0.481 e. The van der Waals surface area contributed by atoms with E-state index in [0.29, 0.717) is 6.07 Å². The first-order valence-corrected chi connectivity index (χ1v) is 4.44. The molecule has 0 saturated heterocycles. The molecule has 0 fully saturated rings. The van der Waals surface area contributed by atoms with Crippen molar-refractivity contribution in [1.82, 2.24) is 4.98 Å². The minimum absolute atomic E-state index is 0.315. The Morgan fingerprint density at radius 3 is 2.35 bits per heavy atom. The van der Waals surface area contributed by atoms with Crippen LogP contribution in [0.1, 0.15) is 23.2 Å². The Hall–Kier alpha value is -1.44. The first-order valence-electron chi connectivity index (χ1n) is 4.44. The third-order valence-corrected chi connectivity index (χ3v) is 2.03. The first-order chi connectivity index (χ1) is 7.81. The maximum Gasteiger partial charge on any atom is 0.421 e. The second-order valence-corrected chi connectivity index (χ2v) is 3.08. The van der Waals surface area contributed by atoms with Crippen molar-refractivity contribution in [3.63, 3.8) is 0 Å². The Labute approximate surface area is 93.4 Å². The van der Waals surface area contributed by atoms with E-state index >= 15 is 0 Å². The van der Waals surface area contributed by atoms with Crippen LogP contribution in [-0.2, 0) is 12.7 Å². The van der Waals surface area contributed by atoms with Crippen LogP contribution >= 0.6 is 0 Å². The van der Waals surface area contributed by atoms with Crippen molar-refractivity contribution in [2.24, 2.45) is 5.73 Å². The van der Waals surface area contributed by atoms with Gasteiger partial charge in [0.15, 0.2) is 0 Å². The minimum atomic E-state index is -4.81. The maximum atomic E-state index is 12.5. The number of alkyl halides is 5. The fourth-order valence-electron chi connectivity index (χ4n) is 1.26. The SMILES string of the molecule is COc1nc(CN)c(C(F)F)cc1C(F)(F)F. The lowest BCUT2D eigenvalue weighted by molar-refractivity contribution is -0.139. The molecule has 0 saturated carbocycles. The first kappa shape index (κ1) is 13.6. The number of methoxy groups -OCH3 is 1. The molecule has 96 valence electrons. The standard InChI is InChI=1S/C9H9F5N2O/c1-17-8-5(9(12,13)14)2-4(7(10)11)6(3-15)16-8/h2,7H,3,15H2,1H3. The number of aromatic nitrogens is 1. The molecular weight excluding hydrogens is 247 g/mol. The van der Waals surface area contributed by atoms with Crippen LogP contribution in [0.2, 0.25) is 0 Å². The second-order valence-electron chi connectivity index (χ2n) is 3.08. The third kappa shape index (κ3) is 2.82. The van der Waals surface area contributed by atoms with E-state index in [9.17, 15) is 22.0 Å². The monoisotopic (exact) mass is 256 g/mol. The average molecular weight is 256 g/mol. The van der Waals surface area contributed by atoms with Gasteiger partial charge in [0.25, 0.3) is 6.43 Å². The topological polar surface area (TPSA) is 48.1 Å². The van der Waals surface area contributed by atoms with E-state index in [1.54, 1.807) is 0 Å². The number of nitrogens with zero attached hydrogens (tertiary/aromatic N) is 1. The van der Waals surface area contributed by atoms with Gasteiger partial charge in [0.2, 0.25) is 5.88 Å². The molecule has 0 aliphatic rings. The molecule has 0 spiro atoms. The van der Waals surface area contributed by atoms with Crippen molar-refractivity contribution >= 4 is 0 Å². The highest BCUT2D eigenvalue weighted by atomic mass is 19.4. The van der Waals surface area contributed by atoms with E-state index < -0.39 is 36.2 Å². The predicted molar refractivity (Wildman–Crippen MR) is 48.6 cm³/mol. The van der Waals surface area contributed by atoms with Gasteiger partial charge < -0.3 is 10.5 Å². The normalized spacial score (nSPS) is 12.0. The Kier molecular flexibility index (Phi) is 3.87.